The summed E-state index contributed by atoms with van der Waals surface area (Å²) < 4.78 is 9.99. The van der Waals surface area contributed by atoms with Crippen molar-refractivity contribution < 1.29 is 14.3 Å². The van der Waals surface area contributed by atoms with Gasteiger partial charge in [-0.05, 0) is 23.5 Å². The predicted molar refractivity (Wildman–Crippen MR) is 84.4 cm³/mol. The van der Waals surface area contributed by atoms with Crippen molar-refractivity contribution in [3.05, 3.63) is 35.4 Å². The molecular formula is C17H27NO3. The van der Waals surface area contributed by atoms with Gasteiger partial charge in [0, 0.05) is 13.7 Å². The van der Waals surface area contributed by atoms with E-state index in [-0.39, 0.29) is 11.4 Å². The minimum absolute atomic E-state index is 0.0870. The van der Waals surface area contributed by atoms with Gasteiger partial charge in [-0.15, -0.1) is 0 Å². The minimum Gasteiger partial charge on any atom is -0.467 e. The van der Waals surface area contributed by atoms with Gasteiger partial charge < -0.3 is 9.47 Å². The van der Waals surface area contributed by atoms with E-state index in [0.717, 1.165) is 5.56 Å². The van der Waals surface area contributed by atoms with E-state index in [4.69, 9.17) is 9.47 Å². The Morgan fingerprint density at radius 3 is 2.00 bits per heavy atom. The van der Waals surface area contributed by atoms with Gasteiger partial charge in [-0.2, -0.15) is 0 Å². The van der Waals surface area contributed by atoms with Crippen LogP contribution in [0.1, 0.15) is 38.8 Å². The summed E-state index contributed by atoms with van der Waals surface area (Å²) in [6.45, 7) is 9.44. The molecule has 0 fully saturated rings. The Morgan fingerprint density at radius 1 is 1.05 bits per heavy atom. The maximum Gasteiger partial charge on any atom is 0.330 e. The molecule has 0 aliphatic heterocycles. The molecule has 0 saturated heterocycles. The van der Waals surface area contributed by atoms with Crippen molar-refractivity contribution in [3.8, 4) is 0 Å². The molecule has 0 aliphatic carbocycles. The molecule has 4 heteroatoms. The fraction of sp³-hybridized carbons (Fsp3) is 0.588. The van der Waals surface area contributed by atoms with Crippen molar-refractivity contribution in [1.82, 2.24) is 5.32 Å². The van der Waals surface area contributed by atoms with E-state index in [1.807, 2.05) is 19.1 Å². The van der Waals surface area contributed by atoms with E-state index in [1.165, 1.54) is 12.7 Å². The van der Waals surface area contributed by atoms with Crippen LogP contribution in [0.25, 0.3) is 0 Å². The molecule has 0 radical (unpaired) electrons. The Labute approximate surface area is 127 Å². The van der Waals surface area contributed by atoms with Crippen LogP contribution in [0.5, 0.6) is 0 Å². The van der Waals surface area contributed by atoms with E-state index in [1.54, 1.807) is 7.11 Å². The van der Waals surface area contributed by atoms with Crippen LogP contribution >= 0.6 is 0 Å². The first kappa shape index (κ1) is 17.7. The molecule has 4 nitrogen and oxygen atoms in total. The number of benzene rings is 1. The molecule has 0 aromatic heterocycles. The van der Waals surface area contributed by atoms with Crippen LogP contribution < -0.4 is 5.32 Å². The third kappa shape index (κ3) is 4.29. The van der Waals surface area contributed by atoms with Crippen LogP contribution in [0.3, 0.4) is 0 Å². The molecule has 1 unspecified atom stereocenters. The first-order valence-corrected chi connectivity index (χ1v) is 7.19. The Kier molecular flexibility index (Phi) is 5.93. The normalized spacial score (nSPS) is 14.6. The second-order valence-corrected chi connectivity index (χ2v) is 6.36. The highest BCUT2D eigenvalue weighted by atomic mass is 16.5. The molecule has 0 aliphatic rings. The zero-order valence-corrected chi connectivity index (χ0v) is 13.9. The summed E-state index contributed by atoms with van der Waals surface area (Å²) in [5, 5.41) is 3.22. The SMILES string of the molecule is COCCNC(C)(C(=O)OC)c1ccc(C(C)(C)C)cc1. The van der Waals surface area contributed by atoms with Crippen LogP contribution in [0.15, 0.2) is 24.3 Å². The van der Waals surface area contributed by atoms with Crippen molar-refractivity contribution in [2.45, 2.75) is 38.6 Å². The van der Waals surface area contributed by atoms with Gasteiger partial charge in [-0.25, -0.2) is 4.79 Å². The lowest BCUT2D eigenvalue weighted by Gasteiger charge is -2.29. The lowest BCUT2D eigenvalue weighted by atomic mass is 9.84. The smallest absolute Gasteiger partial charge is 0.330 e. The number of rotatable bonds is 6. The van der Waals surface area contributed by atoms with Gasteiger partial charge in [0.25, 0.3) is 0 Å². The molecule has 0 bridgehead atoms. The second-order valence-electron chi connectivity index (χ2n) is 6.36. The van der Waals surface area contributed by atoms with Gasteiger partial charge in [-0.3, -0.25) is 5.32 Å². The maximum atomic E-state index is 12.2. The molecular weight excluding hydrogens is 266 g/mol. The van der Waals surface area contributed by atoms with Crippen LogP contribution in [-0.4, -0.2) is 33.3 Å². The average molecular weight is 293 g/mol. The van der Waals surface area contributed by atoms with Crippen molar-refractivity contribution in [1.29, 1.82) is 0 Å². The van der Waals surface area contributed by atoms with Crippen molar-refractivity contribution in [2.24, 2.45) is 0 Å². The molecule has 0 spiro atoms. The van der Waals surface area contributed by atoms with E-state index < -0.39 is 5.54 Å². The summed E-state index contributed by atoms with van der Waals surface area (Å²) in [5.41, 5.74) is 1.33. The van der Waals surface area contributed by atoms with Gasteiger partial charge in [0.15, 0.2) is 0 Å². The molecule has 0 saturated carbocycles. The monoisotopic (exact) mass is 293 g/mol. The summed E-state index contributed by atoms with van der Waals surface area (Å²) in [4.78, 5) is 12.2. The lowest BCUT2D eigenvalue weighted by Crippen LogP contribution is -2.48. The maximum absolute atomic E-state index is 12.2. The number of nitrogens with one attached hydrogen (secondary N) is 1. The topological polar surface area (TPSA) is 47.6 Å². The van der Waals surface area contributed by atoms with Crippen LogP contribution in [0, 0.1) is 0 Å². The van der Waals surface area contributed by atoms with Crippen LogP contribution in [-0.2, 0) is 25.2 Å². The first-order chi connectivity index (χ1) is 9.75. The number of ether oxygens (including phenoxy) is 2. The molecule has 0 heterocycles. The van der Waals surface area contributed by atoms with Gasteiger partial charge >= 0.3 is 5.97 Å². The molecule has 1 N–H and O–H groups in total. The zero-order chi connectivity index (χ0) is 16.1. The highest BCUT2D eigenvalue weighted by Gasteiger charge is 2.35. The van der Waals surface area contributed by atoms with Crippen LogP contribution in [0.4, 0.5) is 0 Å². The number of methoxy groups -OCH3 is 2. The highest BCUT2D eigenvalue weighted by molar-refractivity contribution is 5.82. The standard InChI is InChI=1S/C17H27NO3/c1-16(2,3)13-7-9-14(10-8-13)17(4,15(19)21-6)18-11-12-20-5/h7-10,18H,11-12H2,1-6H3. The number of carbonyl (C=O) groups excluding carboxylic acids is 1. The number of esters is 1. The summed E-state index contributed by atoms with van der Waals surface area (Å²) in [6.07, 6.45) is 0. The Bertz CT molecular complexity index is 462. The fourth-order valence-electron chi connectivity index (χ4n) is 2.20. The molecule has 0 amide bonds. The summed E-state index contributed by atoms with van der Waals surface area (Å²) in [5.74, 6) is -0.304. The number of carbonyl (C=O) groups is 1. The van der Waals surface area contributed by atoms with Gasteiger partial charge in [0.2, 0.25) is 0 Å². The van der Waals surface area contributed by atoms with Crippen molar-refractivity contribution >= 4 is 5.97 Å². The van der Waals surface area contributed by atoms with E-state index in [2.05, 4.69) is 38.2 Å². The van der Waals surface area contributed by atoms with Gasteiger partial charge in [0.1, 0.15) is 5.54 Å². The van der Waals surface area contributed by atoms with Crippen LogP contribution in [0.2, 0.25) is 0 Å². The summed E-state index contributed by atoms with van der Waals surface area (Å²) in [6, 6.07) is 8.09. The third-order valence-corrected chi connectivity index (χ3v) is 3.71. The number of hydrogen-bond acceptors (Lipinski definition) is 4. The molecule has 1 aromatic rings. The molecule has 1 atom stereocenters. The molecule has 118 valence electrons. The zero-order valence-electron chi connectivity index (χ0n) is 13.9. The first-order valence-electron chi connectivity index (χ1n) is 7.19. The summed E-state index contributed by atoms with van der Waals surface area (Å²) in [7, 11) is 3.04. The van der Waals surface area contributed by atoms with Gasteiger partial charge in [-0.1, -0.05) is 45.0 Å². The molecule has 1 rings (SSSR count). The fourth-order valence-corrected chi connectivity index (χ4v) is 2.20. The predicted octanol–water partition coefficient (Wildman–Crippen LogP) is 2.61. The largest absolute Gasteiger partial charge is 0.467 e. The Hall–Kier alpha value is -1.39. The highest BCUT2D eigenvalue weighted by Crippen LogP contribution is 2.27. The minimum atomic E-state index is -0.871. The Balaban J connectivity index is 3.06. The van der Waals surface area contributed by atoms with Gasteiger partial charge in [0.05, 0.1) is 13.7 Å². The van der Waals surface area contributed by atoms with E-state index >= 15 is 0 Å². The molecule has 1 aromatic carbocycles. The molecule has 21 heavy (non-hydrogen) atoms. The van der Waals surface area contributed by atoms with Crippen molar-refractivity contribution in [3.63, 3.8) is 0 Å². The van der Waals surface area contributed by atoms with E-state index in [0.29, 0.717) is 13.2 Å². The van der Waals surface area contributed by atoms with Crippen molar-refractivity contribution in [2.75, 3.05) is 27.4 Å². The number of hydrogen-bond donors (Lipinski definition) is 1. The summed E-state index contributed by atoms with van der Waals surface area (Å²) >= 11 is 0. The third-order valence-electron chi connectivity index (χ3n) is 3.71. The lowest BCUT2D eigenvalue weighted by molar-refractivity contribution is -0.148. The van der Waals surface area contributed by atoms with E-state index in [9.17, 15) is 4.79 Å². The Morgan fingerprint density at radius 2 is 1.57 bits per heavy atom. The average Bonchev–Trinajstić information content (AvgIpc) is 2.45. The second kappa shape index (κ2) is 7.05. The quantitative estimate of drug-likeness (QED) is 0.647.